The topological polar surface area (TPSA) is 88.2 Å². The zero-order valence-corrected chi connectivity index (χ0v) is 11.0. The Bertz CT molecular complexity index is 551. The molecule has 0 radical (unpaired) electrons. The van der Waals surface area contributed by atoms with Crippen LogP contribution in [0.4, 0.5) is 0 Å². The molecule has 98 valence electrons. The van der Waals surface area contributed by atoms with E-state index < -0.39 is 10.0 Å². The van der Waals surface area contributed by atoms with E-state index in [2.05, 4.69) is 15.0 Å². The second-order valence-corrected chi connectivity index (χ2v) is 6.06. The molecule has 1 unspecified atom stereocenters. The molecule has 0 saturated carbocycles. The van der Waals surface area contributed by atoms with Gasteiger partial charge >= 0.3 is 0 Å². The van der Waals surface area contributed by atoms with Crippen LogP contribution in [-0.4, -0.2) is 31.9 Å². The molecule has 1 amide bonds. The summed E-state index contributed by atoms with van der Waals surface area (Å²) < 4.78 is 26.6. The Kier molecular flexibility index (Phi) is 3.84. The van der Waals surface area contributed by atoms with Crippen molar-refractivity contribution in [1.29, 1.82) is 0 Å². The lowest BCUT2D eigenvalue weighted by atomic mass is 10.1. The van der Waals surface area contributed by atoms with Gasteiger partial charge in [-0.1, -0.05) is 11.6 Å². The van der Waals surface area contributed by atoms with Crippen LogP contribution in [-0.2, 0) is 14.8 Å². The van der Waals surface area contributed by atoms with Gasteiger partial charge in [-0.15, -0.1) is 0 Å². The second kappa shape index (κ2) is 5.21. The molecule has 0 spiro atoms. The van der Waals surface area contributed by atoms with Crippen LogP contribution in [0.1, 0.15) is 12.8 Å². The summed E-state index contributed by atoms with van der Waals surface area (Å²) in [5, 5.41) is 2.73. The summed E-state index contributed by atoms with van der Waals surface area (Å²) in [4.78, 5) is 14.7. The third-order valence-electron chi connectivity index (χ3n) is 2.61. The number of hydrogen-bond acceptors (Lipinski definition) is 4. The van der Waals surface area contributed by atoms with Gasteiger partial charge in [0.25, 0.3) is 0 Å². The third-order valence-corrected chi connectivity index (χ3v) is 4.60. The van der Waals surface area contributed by atoms with Gasteiger partial charge in [-0.05, 0) is 12.5 Å². The van der Waals surface area contributed by atoms with E-state index in [1.165, 1.54) is 18.5 Å². The average Bonchev–Trinajstić information content (AvgIpc) is 2.32. The first kappa shape index (κ1) is 13.3. The van der Waals surface area contributed by atoms with E-state index in [0.717, 1.165) is 0 Å². The first-order valence-corrected chi connectivity index (χ1v) is 7.24. The predicted molar refractivity (Wildman–Crippen MR) is 65.6 cm³/mol. The average molecular weight is 290 g/mol. The predicted octanol–water partition coefficient (Wildman–Crippen LogP) is 0.292. The minimum Gasteiger partial charge on any atom is -0.355 e. The fraction of sp³-hybridized carbons (Fsp3) is 0.400. The molecular weight excluding hydrogens is 278 g/mol. The molecule has 1 aromatic rings. The van der Waals surface area contributed by atoms with Crippen molar-refractivity contribution in [1.82, 2.24) is 15.0 Å². The molecule has 2 N–H and O–H groups in total. The smallest absolute Gasteiger partial charge is 0.243 e. The Morgan fingerprint density at radius 3 is 2.89 bits per heavy atom. The molecule has 2 rings (SSSR count). The number of nitrogens with zero attached hydrogens (tertiary/aromatic N) is 1. The van der Waals surface area contributed by atoms with Crippen LogP contribution in [0.3, 0.4) is 0 Å². The van der Waals surface area contributed by atoms with Crippen LogP contribution in [0.25, 0.3) is 0 Å². The molecule has 1 atom stereocenters. The number of carbonyl (C=O) groups is 1. The van der Waals surface area contributed by atoms with Crippen molar-refractivity contribution in [2.75, 3.05) is 6.54 Å². The van der Waals surface area contributed by atoms with Gasteiger partial charge in [-0.25, -0.2) is 13.1 Å². The van der Waals surface area contributed by atoms with Gasteiger partial charge in [0, 0.05) is 31.4 Å². The fourth-order valence-corrected chi connectivity index (χ4v) is 3.38. The van der Waals surface area contributed by atoms with Crippen LogP contribution in [0.2, 0.25) is 5.02 Å². The second-order valence-electron chi connectivity index (χ2n) is 3.97. The minimum atomic E-state index is -3.70. The van der Waals surface area contributed by atoms with Crippen molar-refractivity contribution in [3.05, 3.63) is 23.5 Å². The first-order valence-electron chi connectivity index (χ1n) is 5.37. The number of piperidine rings is 1. The van der Waals surface area contributed by atoms with E-state index in [0.29, 0.717) is 12.8 Å². The van der Waals surface area contributed by atoms with Gasteiger partial charge in [0.15, 0.2) is 0 Å². The van der Waals surface area contributed by atoms with Gasteiger partial charge in [0.1, 0.15) is 4.90 Å². The number of carbonyl (C=O) groups excluding carboxylic acids is 1. The number of aromatic nitrogens is 1. The number of amides is 1. The monoisotopic (exact) mass is 289 g/mol. The summed E-state index contributed by atoms with van der Waals surface area (Å²) in [5.74, 6) is -0.0649. The number of nitrogens with one attached hydrogen (secondary N) is 2. The zero-order valence-electron chi connectivity index (χ0n) is 9.39. The minimum absolute atomic E-state index is 0.0523. The molecule has 2 heterocycles. The Balaban J connectivity index is 2.13. The maximum atomic E-state index is 12.1. The van der Waals surface area contributed by atoms with E-state index in [1.807, 2.05) is 0 Å². The Hall–Kier alpha value is -1.18. The molecule has 0 aromatic carbocycles. The molecule has 1 fully saturated rings. The Labute approximate surface area is 110 Å². The Morgan fingerprint density at radius 1 is 1.50 bits per heavy atom. The highest BCUT2D eigenvalue weighted by atomic mass is 35.5. The molecule has 1 aromatic heterocycles. The van der Waals surface area contributed by atoms with Gasteiger partial charge in [0.05, 0.1) is 5.02 Å². The Morgan fingerprint density at radius 2 is 2.28 bits per heavy atom. The van der Waals surface area contributed by atoms with Crippen LogP contribution in [0.15, 0.2) is 23.4 Å². The molecule has 6 nitrogen and oxygen atoms in total. The quantitative estimate of drug-likeness (QED) is 0.837. The van der Waals surface area contributed by atoms with Crippen molar-refractivity contribution in [3.63, 3.8) is 0 Å². The van der Waals surface area contributed by atoms with Crippen molar-refractivity contribution in [3.8, 4) is 0 Å². The van der Waals surface area contributed by atoms with Gasteiger partial charge in [-0.2, -0.15) is 0 Å². The number of halogens is 1. The normalized spacial score (nSPS) is 20.5. The van der Waals surface area contributed by atoms with Gasteiger partial charge in [-0.3, -0.25) is 9.78 Å². The SMILES string of the molecule is O=C1CCC(NS(=O)(=O)c2cnccc2Cl)CN1. The molecule has 1 aliphatic heterocycles. The maximum absolute atomic E-state index is 12.1. The van der Waals surface area contributed by atoms with E-state index in [9.17, 15) is 13.2 Å². The molecule has 0 bridgehead atoms. The highest BCUT2D eigenvalue weighted by Gasteiger charge is 2.25. The third kappa shape index (κ3) is 2.98. The van der Waals surface area contributed by atoms with Crippen LogP contribution >= 0.6 is 11.6 Å². The van der Waals surface area contributed by atoms with E-state index >= 15 is 0 Å². The van der Waals surface area contributed by atoms with E-state index in [-0.39, 0.29) is 28.4 Å². The lowest BCUT2D eigenvalue weighted by Crippen LogP contribution is -2.47. The number of hydrogen-bond donors (Lipinski definition) is 2. The molecule has 1 saturated heterocycles. The van der Waals surface area contributed by atoms with E-state index in [4.69, 9.17) is 11.6 Å². The lowest BCUT2D eigenvalue weighted by Gasteiger charge is -2.23. The van der Waals surface area contributed by atoms with Crippen LogP contribution in [0.5, 0.6) is 0 Å². The molecule has 18 heavy (non-hydrogen) atoms. The van der Waals surface area contributed by atoms with Crippen LogP contribution < -0.4 is 10.0 Å². The summed E-state index contributed by atoms with van der Waals surface area (Å²) in [6.45, 7) is 0.288. The first-order chi connectivity index (χ1) is 8.49. The number of sulfonamides is 1. The van der Waals surface area contributed by atoms with Gasteiger partial charge < -0.3 is 5.32 Å². The molecule has 8 heteroatoms. The fourth-order valence-electron chi connectivity index (χ4n) is 1.68. The maximum Gasteiger partial charge on any atom is 0.243 e. The van der Waals surface area contributed by atoms with Gasteiger partial charge in [0.2, 0.25) is 15.9 Å². The van der Waals surface area contributed by atoms with Crippen LogP contribution in [0, 0.1) is 0 Å². The highest BCUT2D eigenvalue weighted by Crippen LogP contribution is 2.19. The summed E-state index contributed by atoms with van der Waals surface area (Å²) >= 11 is 5.82. The largest absolute Gasteiger partial charge is 0.355 e. The molecule has 1 aliphatic rings. The highest BCUT2D eigenvalue weighted by molar-refractivity contribution is 7.89. The van der Waals surface area contributed by atoms with Crippen molar-refractivity contribution in [2.45, 2.75) is 23.8 Å². The van der Waals surface area contributed by atoms with E-state index in [1.54, 1.807) is 0 Å². The van der Waals surface area contributed by atoms with Crippen molar-refractivity contribution in [2.24, 2.45) is 0 Å². The number of pyridine rings is 1. The molecular formula is C10H12ClN3O3S. The van der Waals surface area contributed by atoms with Crippen molar-refractivity contribution < 1.29 is 13.2 Å². The summed E-state index contributed by atoms with van der Waals surface area (Å²) in [5.41, 5.74) is 0. The summed E-state index contributed by atoms with van der Waals surface area (Å²) in [6.07, 6.45) is 3.41. The zero-order chi connectivity index (χ0) is 13.2. The summed E-state index contributed by atoms with van der Waals surface area (Å²) in [6, 6.07) is 1.10. The molecule has 0 aliphatic carbocycles. The summed E-state index contributed by atoms with van der Waals surface area (Å²) in [7, 11) is -3.70. The lowest BCUT2D eigenvalue weighted by molar-refractivity contribution is -0.122. The number of rotatable bonds is 3. The van der Waals surface area contributed by atoms with Crippen molar-refractivity contribution >= 4 is 27.5 Å². The standard InChI is InChI=1S/C10H12ClN3O3S/c11-8-3-4-12-6-9(8)18(16,17)14-7-1-2-10(15)13-5-7/h3-4,6-7,14H,1-2,5H2,(H,13,15).